The quantitative estimate of drug-likeness (QED) is 0.553. The Balaban J connectivity index is 2.64. The standard InChI is InChI=1S/C9H18N2O2S/c1-8(14(2,12)13)9(10)11-6-4-3-5-7-11/h8,10H,3-7H2,1-2H3. The van der Waals surface area contributed by atoms with Crippen LogP contribution < -0.4 is 0 Å². The van der Waals surface area contributed by atoms with E-state index in [-0.39, 0.29) is 5.84 Å². The molecule has 0 saturated carbocycles. The van der Waals surface area contributed by atoms with Gasteiger partial charge in [0.15, 0.2) is 9.84 Å². The van der Waals surface area contributed by atoms with Crippen LogP contribution in [0.5, 0.6) is 0 Å². The zero-order valence-corrected chi connectivity index (χ0v) is 9.60. The lowest BCUT2D eigenvalue weighted by Gasteiger charge is -2.31. The molecule has 0 aromatic rings. The molecule has 1 unspecified atom stereocenters. The second-order valence-electron chi connectivity index (χ2n) is 3.90. The van der Waals surface area contributed by atoms with Crippen molar-refractivity contribution in [1.29, 1.82) is 5.41 Å². The van der Waals surface area contributed by atoms with Gasteiger partial charge in [0.1, 0.15) is 11.1 Å². The number of likely N-dealkylation sites (tertiary alicyclic amines) is 1. The van der Waals surface area contributed by atoms with Gasteiger partial charge >= 0.3 is 0 Å². The normalized spacial score (nSPS) is 20.6. The SMILES string of the molecule is CC(C(=N)N1CCCCC1)S(C)(=O)=O. The van der Waals surface area contributed by atoms with E-state index in [4.69, 9.17) is 5.41 Å². The Bertz CT molecular complexity index is 305. The van der Waals surface area contributed by atoms with Gasteiger partial charge in [-0.25, -0.2) is 8.42 Å². The third-order valence-electron chi connectivity index (χ3n) is 2.72. The first-order valence-corrected chi connectivity index (χ1v) is 6.90. The molecule has 0 radical (unpaired) electrons. The maximum absolute atomic E-state index is 11.2. The average molecular weight is 218 g/mol. The van der Waals surface area contributed by atoms with Gasteiger partial charge in [-0.15, -0.1) is 0 Å². The fourth-order valence-electron chi connectivity index (χ4n) is 1.59. The Kier molecular flexibility index (Phi) is 3.53. The van der Waals surface area contributed by atoms with Gasteiger partial charge in [0.05, 0.1) is 0 Å². The Morgan fingerprint density at radius 2 is 1.79 bits per heavy atom. The second-order valence-corrected chi connectivity index (χ2v) is 6.27. The third kappa shape index (κ3) is 2.70. The molecule has 1 fully saturated rings. The van der Waals surface area contributed by atoms with Crippen LogP contribution in [0.25, 0.3) is 0 Å². The van der Waals surface area contributed by atoms with Gasteiger partial charge in [-0.1, -0.05) is 0 Å². The van der Waals surface area contributed by atoms with Crippen molar-refractivity contribution in [2.75, 3.05) is 19.3 Å². The summed E-state index contributed by atoms with van der Waals surface area (Å²) in [4.78, 5) is 1.88. The highest BCUT2D eigenvalue weighted by atomic mass is 32.2. The topological polar surface area (TPSA) is 61.2 Å². The lowest BCUT2D eigenvalue weighted by Crippen LogP contribution is -2.43. The minimum atomic E-state index is -3.12. The van der Waals surface area contributed by atoms with Gasteiger partial charge < -0.3 is 4.90 Å². The lowest BCUT2D eigenvalue weighted by molar-refractivity contribution is 0.335. The van der Waals surface area contributed by atoms with Crippen molar-refractivity contribution < 1.29 is 8.42 Å². The summed E-state index contributed by atoms with van der Waals surface area (Å²) >= 11 is 0. The van der Waals surface area contributed by atoms with Crippen LogP contribution in [-0.2, 0) is 9.84 Å². The van der Waals surface area contributed by atoms with Crippen LogP contribution in [-0.4, -0.2) is 43.7 Å². The van der Waals surface area contributed by atoms with Crippen molar-refractivity contribution in [2.24, 2.45) is 0 Å². The number of nitrogens with zero attached hydrogens (tertiary/aromatic N) is 1. The van der Waals surface area contributed by atoms with Crippen LogP contribution in [0.4, 0.5) is 0 Å². The molecule has 0 bridgehead atoms. The molecular weight excluding hydrogens is 200 g/mol. The first kappa shape index (κ1) is 11.5. The largest absolute Gasteiger partial charge is 0.359 e. The van der Waals surface area contributed by atoms with Crippen molar-refractivity contribution in [3.63, 3.8) is 0 Å². The van der Waals surface area contributed by atoms with Crippen molar-refractivity contribution >= 4 is 15.7 Å². The molecule has 0 aliphatic carbocycles. The van der Waals surface area contributed by atoms with E-state index in [1.165, 1.54) is 12.7 Å². The summed E-state index contributed by atoms with van der Waals surface area (Å²) in [6.45, 7) is 3.25. The lowest BCUT2D eigenvalue weighted by atomic mass is 10.1. The van der Waals surface area contributed by atoms with E-state index in [0.717, 1.165) is 25.9 Å². The van der Waals surface area contributed by atoms with Gasteiger partial charge in [-0.3, -0.25) is 5.41 Å². The maximum Gasteiger partial charge on any atom is 0.157 e. The van der Waals surface area contributed by atoms with Crippen molar-refractivity contribution in [3.8, 4) is 0 Å². The monoisotopic (exact) mass is 218 g/mol. The van der Waals surface area contributed by atoms with E-state index in [2.05, 4.69) is 0 Å². The first-order chi connectivity index (χ1) is 6.43. The Morgan fingerprint density at radius 3 is 2.21 bits per heavy atom. The molecule has 1 atom stereocenters. The van der Waals surface area contributed by atoms with E-state index in [1.807, 2.05) is 4.90 Å². The Labute approximate surface area is 85.7 Å². The van der Waals surface area contributed by atoms with Crippen LogP contribution in [0.1, 0.15) is 26.2 Å². The van der Waals surface area contributed by atoms with Crippen LogP contribution >= 0.6 is 0 Å². The highest BCUT2D eigenvalue weighted by molar-refractivity contribution is 7.92. The van der Waals surface area contributed by atoms with Crippen LogP contribution in [0.2, 0.25) is 0 Å². The molecule has 0 amide bonds. The number of amidine groups is 1. The van der Waals surface area contributed by atoms with E-state index in [9.17, 15) is 8.42 Å². The fourth-order valence-corrected chi connectivity index (χ4v) is 2.15. The minimum Gasteiger partial charge on any atom is -0.359 e. The highest BCUT2D eigenvalue weighted by Crippen LogP contribution is 2.12. The molecule has 1 N–H and O–H groups in total. The molecule has 1 rings (SSSR count). The van der Waals surface area contributed by atoms with Crippen molar-refractivity contribution in [2.45, 2.75) is 31.4 Å². The highest BCUT2D eigenvalue weighted by Gasteiger charge is 2.25. The first-order valence-electron chi connectivity index (χ1n) is 4.95. The van der Waals surface area contributed by atoms with Gasteiger partial charge in [-0.2, -0.15) is 0 Å². The number of hydrogen-bond acceptors (Lipinski definition) is 3. The second kappa shape index (κ2) is 4.29. The third-order valence-corrected chi connectivity index (χ3v) is 4.23. The van der Waals surface area contributed by atoms with E-state index in [0.29, 0.717) is 0 Å². The summed E-state index contributed by atoms with van der Waals surface area (Å²) in [5, 5.41) is 7.13. The molecule has 4 nitrogen and oxygen atoms in total. The molecule has 0 aromatic heterocycles. The molecule has 1 saturated heterocycles. The predicted octanol–water partition coefficient (Wildman–Crippen LogP) is 0.883. The summed E-state index contributed by atoms with van der Waals surface area (Å²) in [6, 6.07) is 0. The molecule has 82 valence electrons. The van der Waals surface area contributed by atoms with E-state index >= 15 is 0 Å². The summed E-state index contributed by atoms with van der Waals surface area (Å²) in [7, 11) is -3.12. The van der Waals surface area contributed by atoms with Crippen molar-refractivity contribution in [1.82, 2.24) is 4.90 Å². The molecule has 0 spiro atoms. The maximum atomic E-state index is 11.2. The minimum absolute atomic E-state index is 0.257. The van der Waals surface area contributed by atoms with Gasteiger partial charge in [-0.05, 0) is 26.2 Å². The summed E-state index contributed by atoms with van der Waals surface area (Å²) < 4.78 is 22.5. The number of piperidine rings is 1. The van der Waals surface area contributed by atoms with E-state index in [1.54, 1.807) is 6.92 Å². The van der Waals surface area contributed by atoms with Gasteiger partial charge in [0, 0.05) is 19.3 Å². The molecule has 1 aliphatic heterocycles. The number of hydrogen-bond donors (Lipinski definition) is 1. The van der Waals surface area contributed by atoms with Crippen LogP contribution in [0.15, 0.2) is 0 Å². The fraction of sp³-hybridized carbons (Fsp3) is 0.889. The average Bonchev–Trinajstić information content (AvgIpc) is 2.15. The molecule has 14 heavy (non-hydrogen) atoms. The zero-order valence-electron chi connectivity index (χ0n) is 8.78. The predicted molar refractivity (Wildman–Crippen MR) is 57.5 cm³/mol. The van der Waals surface area contributed by atoms with Gasteiger partial charge in [0.25, 0.3) is 0 Å². The Morgan fingerprint density at radius 1 is 1.29 bits per heavy atom. The van der Waals surface area contributed by atoms with Crippen molar-refractivity contribution in [3.05, 3.63) is 0 Å². The molecule has 1 aliphatic rings. The Hall–Kier alpha value is -0.580. The molecule has 1 heterocycles. The smallest absolute Gasteiger partial charge is 0.157 e. The number of sulfone groups is 1. The number of nitrogens with one attached hydrogen (secondary N) is 1. The van der Waals surface area contributed by atoms with Crippen LogP contribution in [0.3, 0.4) is 0 Å². The van der Waals surface area contributed by atoms with Crippen LogP contribution in [0, 0.1) is 5.41 Å². The molecular formula is C9H18N2O2S. The van der Waals surface area contributed by atoms with E-state index < -0.39 is 15.1 Å². The summed E-state index contributed by atoms with van der Waals surface area (Å²) in [5.74, 6) is 0.257. The zero-order chi connectivity index (χ0) is 10.8. The molecule has 5 heteroatoms. The number of rotatable bonds is 2. The summed E-state index contributed by atoms with van der Waals surface area (Å²) in [5.41, 5.74) is 0. The summed E-state index contributed by atoms with van der Waals surface area (Å²) in [6.07, 6.45) is 4.52. The molecule has 0 aromatic carbocycles. The van der Waals surface area contributed by atoms with Gasteiger partial charge in [0.2, 0.25) is 0 Å².